The molecule has 0 saturated heterocycles. The van der Waals surface area contributed by atoms with Crippen LogP contribution in [0.15, 0.2) is 53.4 Å². The van der Waals surface area contributed by atoms with E-state index in [9.17, 15) is 18.4 Å². The molecule has 0 saturated carbocycles. The summed E-state index contributed by atoms with van der Waals surface area (Å²) in [6.45, 7) is 2.22. The van der Waals surface area contributed by atoms with Gasteiger partial charge in [0.1, 0.15) is 5.75 Å². The van der Waals surface area contributed by atoms with Crippen molar-refractivity contribution in [2.75, 3.05) is 18.5 Å². The Balaban J connectivity index is 1.96. The third kappa shape index (κ3) is 6.36. The number of amides is 2. The van der Waals surface area contributed by atoms with Crippen LogP contribution in [-0.2, 0) is 4.79 Å². The quantitative estimate of drug-likeness (QED) is 0.684. The molecule has 0 aliphatic heterocycles. The number of anilines is 1. The van der Waals surface area contributed by atoms with Gasteiger partial charge in [0, 0.05) is 28.8 Å². The molecular weight excluding hydrogens is 362 g/mol. The Labute approximate surface area is 154 Å². The number of likely N-dealkylation sites (N-methyl/N-ethyl adjacent to an activating group) is 1. The lowest BCUT2D eigenvalue weighted by atomic mass is 10.2. The van der Waals surface area contributed by atoms with E-state index in [1.807, 2.05) is 6.92 Å². The molecule has 138 valence electrons. The minimum absolute atomic E-state index is 0.117. The van der Waals surface area contributed by atoms with Crippen molar-refractivity contribution < 1.29 is 23.1 Å². The van der Waals surface area contributed by atoms with Crippen LogP contribution in [0.4, 0.5) is 14.5 Å². The first-order valence-corrected chi connectivity index (χ1v) is 8.71. The minimum atomic E-state index is -2.50. The number of hydrogen-bond acceptors (Lipinski definition) is 4. The molecular formula is C18H18F2N2O3S. The van der Waals surface area contributed by atoms with Gasteiger partial charge < -0.3 is 15.4 Å². The van der Waals surface area contributed by atoms with Crippen LogP contribution in [0.5, 0.6) is 5.75 Å². The van der Waals surface area contributed by atoms with E-state index in [1.165, 1.54) is 24.3 Å². The highest BCUT2D eigenvalue weighted by Gasteiger charge is 2.09. The molecule has 2 aromatic rings. The van der Waals surface area contributed by atoms with Gasteiger partial charge in [-0.25, -0.2) is 0 Å². The monoisotopic (exact) mass is 380 g/mol. The summed E-state index contributed by atoms with van der Waals surface area (Å²) < 4.78 is 30.0. The van der Waals surface area contributed by atoms with Gasteiger partial charge in [-0.3, -0.25) is 9.59 Å². The molecule has 0 aliphatic rings. The fourth-order valence-electron chi connectivity index (χ4n) is 2.05. The number of rotatable bonds is 8. The lowest BCUT2D eigenvalue weighted by molar-refractivity contribution is -0.122. The average Bonchev–Trinajstić information content (AvgIpc) is 2.61. The molecule has 0 aliphatic carbocycles. The van der Waals surface area contributed by atoms with E-state index in [2.05, 4.69) is 10.6 Å². The van der Waals surface area contributed by atoms with Gasteiger partial charge in [0.2, 0.25) is 0 Å². The van der Waals surface area contributed by atoms with E-state index in [1.54, 1.807) is 24.3 Å². The fraction of sp³-hybridized carbons (Fsp3) is 0.222. The lowest BCUT2D eigenvalue weighted by Crippen LogP contribution is -2.28. The van der Waals surface area contributed by atoms with Crippen molar-refractivity contribution in [2.45, 2.75) is 17.6 Å². The maximum absolute atomic E-state index is 12.3. The van der Waals surface area contributed by atoms with Crippen LogP contribution in [-0.4, -0.2) is 30.7 Å². The molecule has 0 bridgehead atoms. The lowest BCUT2D eigenvalue weighted by Gasteiger charge is -2.09. The summed E-state index contributed by atoms with van der Waals surface area (Å²) in [6.07, 6.45) is 0. The first kappa shape index (κ1) is 19.7. The molecule has 0 atom stereocenters. The second kappa shape index (κ2) is 9.76. The van der Waals surface area contributed by atoms with E-state index in [0.29, 0.717) is 40.2 Å². The molecule has 2 aromatic carbocycles. The summed E-state index contributed by atoms with van der Waals surface area (Å²) in [5.41, 5.74) is 0.840. The fourth-order valence-corrected chi connectivity index (χ4v) is 2.55. The van der Waals surface area contributed by atoms with Crippen LogP contribution >= 0.6 is 11.8 Å². The van der Waals surface area contributed by atoms with Crippen molar-refractivity contribution in [1.82, 2.24) is 5.32 Å². The molecule has 0 fully saturated rings. The Morgan fingerprint density at radius 2 is 1.88 bits per heavy atom. The highest BCUT2D eigenvalue weighted by Crippen LogP contribution is 2.25. The minimum Gasteiger partial charge on any atom is -0.484 e. The Hall–Kier alpha value is -2.61. The summed E-state index contributed by atoms with van der Waals surface area (Å²) in [4.78, 5) is 24.0. The summed E-state index contributed by atoms with van der Waals surface area (Å²) in [6, 6.07) is 12.5. The van der Waals surface area contributed by atoms with Crippen molar-refractivity contribution in [3.05, 3.63) is 54.1 Å². The van der Waals surface area contributed by atoms with Crippen molar-refractivity contribution in [3.8, 4) is 5.75 Å². The summed E-state index contributed by atoms with van der Waals surface area (Å²) in [7, 11) is 0. The van der Waals surface area contributed by atoms with Crippen molar-refractivity contribution >= 4 is 29.3 Å². The zero-order valence-electron chi connectivity index (χ0n) is 14.0. The van der Waals surface area contributed by atoms with Crippen LogP contribution in [0.3, 0.4) is 0 Å². The molecule has 0 spiro atoms. The molecule has 2 amide bonds. The number of hydrogen-bond donors (Lipinski definition) is 2. The Morgan fingerprint density at radius 1 is 1.15 bits per heavy atom. The number of thioether (sulfide) groups is 1. The molecule has 2 N–H and O–H groups in total. The molecule has 2 rings (SSSR count). The molecule has 5 nitrogen and oxygen atoms in total. The third-order valence-corrected chi connectivity index (χ3v) is 3.90. The van der Waals surface area contributed by atoms with Crippen LogP contribution < -0.4 is 15.4 Å². The summed E-state index contributed by atoms with van der Waals surface area (Å²) in [5.74, 6) is -2.67. The number of carbonyl (C=O) groups is 2. The van der Waals surface area contributed by atoms with E-state index in [-0.39, 0.29) is 18.4 Å². The highest BCUT2D eigenvalue weighted by atomic mass is 32.2. The Morgan fingerprint density at radius 3 is 2.54 bits per heavy atom. The number of halogens is 2. The molecule has 0 radical (unpaired) electrons. The number of alkyl halides is 2. The number of nitrogens with one attached hydrogen (secondary N) is 2. The Kier molecular flexibility index (Phi) is 7.40. The van der Waals surface area contributed by atoms with Gasteiger partial charge in [0.25, 0.3) is 17.6 Å². The van der Waals surface area contributed by atoms with Gasteiger partial charge in [-0.1, -0.05) is 17.8 Å². The van der Waals surface area contributed by atoms with E-state index < -0.39 is 5.76 Å². The van der Waals surface area contributed by atoms with Crippen molar-refractivity contribution in [1.29, 1.82) is 0 Å². The van der Waals surface area contributed by atoms with Crippen LogP contribution in [0.25, 0.3) is 0 Å². The maximum atomic E-state index is 12.3. The van der Waals surface area contributed by atoms with Gasteiger partial charge in [-0.15, -0.1) is 0 Å². The van der Waals surface area contributed by atoms with Crippen molar-refractivity contribution in [2.24, 2.45) is 0 Å². The second-order valence-electron chi connectivity index (χ2n) is 5.13. The van der Waals surface area contributed by atoms with E-state index in [0.717, 1.165) is 0 Å². The normalized spacial score (nSPS) is 10.5. The maximum Gasteiger partial charge on any atom is 0.288 e. The molecule has 0 unspecified atom stereocenters. The zero-order chi connectivity index (χ0) is 18.9. The van der Waals surface area contributed by atoms with Gasteiger partial charge >= 0.3 is 0 Å². The van der Waals surface area contributed by atoms with Gasteiger partial charge in [0.05, 0.1) is 0 Å². The van der Waals surface area contributed by atoms with Crippen LogP contribution in [0, 0.1) is 0 Å². The zero-order valence-corrected chi connectivity index (χ0v) is 14.8. The van der Waals surface area contributed by atoms with E-state index in [4.69, 9.17) is 4.74 Å². The number of ether oxygens (including phenoxy) is 1. The number of benzene rings is 2. The average molecular weight is 380 g/mol. The Bertz CT molecular complexity index is 754. The third-order valence-electron chi connectivity index (χ3n) is 3.18. The SMILES string of the molecule is CCNC(=O)COc1cccc(NC(=O)c2ccc(SC(F)F)cc2)c1. The topological polar surface area (TPSA) is 67.4 Å². The summed E-state index contributed by atoms with van der Waals surface area (Å²) in [5, 5.41) is 5.32. The predicted octanol–water partition coefficient (Wildman–Crippen LogP) is 3.77. The highest BCUT2D eigenvalue weighted by molar-refractivity contribution is 7.99. The molecule has 26 heavy (non-hydrogen) atoms. The van der Waals surface area contributed by atoms with Gasteiger partial charge in [-0.2, -0.15) is 8.78 Å². The van der Waals surface area contributed by atoms with Crippen LogP contribution in [0.2, 0.25) is 0 Å². The summed E-state index contributed by atoms with van der Waals surface area (Å²) >= 11 is 0.422. The first-order valence-electron chi connectivity index (χ1n) is 7.83. The van der Waals surface area contributed by atoms with Gasteiger partial charge in [0.15, 0.2) is 6.61 Å². The largest absolute Gasteiger partial charge is 0.484 e. The smallest absolute Gasteiger partial charge is 0.288 e. The standard InChI is InChI=1S/C18H18F2N2O3S/c1-2-21-16(23)11-25-14-5-3-4-13(10-14)22-17(24)12-6-8-15(9-7-12)26-18(19)20/h3-10,18H,2,11H2,1H3,(H,21,23)(H,22,24). The van der Waals surface area contributed by atoms with Crippen LogP contribution in [0.1, 0.15) is 17.3 Å². The van der Waals surface area contributed by atoms with Crippen molar-refractivity contribution in [3.63, 3.8) is 0 Å². The van der Waals surface area contributed by atoms with E-state index >= 15 is 0 Å². The number of carbonyl (C=O) groups excluding carboxylic acids is 2. The van der Waals surface area contributed by atoms with Gasteiger partial charge in [-0.05, 0) is 43.3 Å². The predicted molar refractivity (Wildman–Crippen MR) is 96.9 cm³/mol. The first-order chi connectivity index (χ1) is 12.5. The molecule has 0 heterocycles. The second-order valence-corrected chi connectivity index (χ2v) is 6.19. The molecule has 0 aromatic heterocycles. The molecule has 8 heteroatoms.